The van der Waals surface area contributed by atoms with Crippen LogP contribution < -0.4 is 9.64 Å². The maximum atomic E-state index is 13.3. The van der Waals surface area contributed by atoms with Crippen molar-refractivity contribution < 1.29 is 24.0 Å². The number of amides is 2. The molecule has 10 nitrogen and oxygen atoms in total. The predicted molar refractivity (Wildman–Crippen MR) is 113 cm³/mol. The molecule has 2 bridgehead atoms. The number of hydrogen-bond donors (Lipinski definition) is 0. The third kappa shape index (κ3) is 3.32. The Hall–Kier alpha value is -3.66. The second kappa shape index (κ2) is 7.49. The van der Waals surface area contributed by atoms with Crippen LogP contribution in [0.4, 0.5) is 21.0 Å². The molecule has 0 radical (unpaired) electrons. The maximum absolute atomic E-state index is 13.3. The van der Waals surface area contributed by atoms with E-state index in [-0.39, 0.29) is 29.6 Å². The van der Waals surface area contributed by atoms with Crippen LogP contribution in [-0.2, 0) is 4.74 Å². The highest BCUT2D eigenvalue weighted by Crippen LogP contribution is 2.46. The summed E-state index contributed by atoms with van der Waals surface area (Å²) >= 11 is 0. The molecule has 2 aromatic carbocycles. The highest BCUT2D eigenvalue weighted by Gasteiger charge is 2.60. The molecular weight excluding hydrogens is 416 g/mol. The molecule has 3 unspecified atom stereocenters. The van der Waals surface area contributed by atoms with Crippen molar-refractivity contribution in [1.29, 1.82) is 0 Å². The van der Waals surface area contributed by atoms with Crippen molar-refractivity contribution in [1.82, 2.24) is 10.0 Å². The van der Waals surface area contributed by atoms with E-state index in [4.69, 9.17) is 9.47 Å². The van der Waals surface area contributed by atoms with Gasteiger partial charge in [-0.25, -0.2) is 14.6 Å². The fraction of sp³-hybridized carbons (Fsp3) is 0.364. The lowest BCUT2D eigenvalue weighted by molar-refractivity contribution is -0.384. The third-order valence-corrected chi connectivity index (χ3v) is 6.46. The van der Waals surface area contributed by atoms with E-state index in [1.165, 1.54) is 24.3 Å². The van der Waals surface area contributed by atoms with E-state index >= 15 is 0 Å². The van der Waals surface area contributed by atoms with Gasteiger partial charge in [0, 0.05) is 30.3 Å². The van der Waals surface area contributed by atoms with Crippen LogP contribution in [0.2, 0.25) is 0 Å². The van der Waals surface area contributed by atoms with Crippen molar-refractivity contribution in [2.24, 2.45) is 0 Å². The minimum atomic E-state index is -0.903. The predicted octanol–water partition coefficient (Wildman–Crippen LogP) is 3.92. The number of benzene rings is 2. The molecule has 2 aromatic rings. The van der Waals surface area contributed by atoms with Crippen LogP contribution in [-0.4, -0.2) is 51.5 Å². The second-order valence-electron chi connectivity index (χ2n) is 8.44. The lowest BCUT2D eigenvalue weighted by Crippen LogP contribution is -2.69. The van der Waals surface area contributed by atoms with E-state index in [0.717, 1.165) is 18.5 Å². The quantitative estimate of drug-likeness (QED) is 0.308. The Morgan fingerprint density at radius 3 is 2.53 bits per heavy atom. The molecule has 1 aliphatic carbocycles. The number of nitro groups is 1. The van der Waals surface area contributed by atoms with Crippen molar-refractivity contribution in [2.75, 3.05) is 11.6 Å². The molecule has 0 N–H and O–H groups in total. The van der Waals surface area contributed by atoms with E-state index < -0.39 is 16.7 Å². The summed E-state index contributed by atoms with van der Waals surface area (Å²) in [4.78, 5) is 37.8. The first kappa shape index (κ1) is 20.3. The van der Waals surface area contributed by atoms with Crippen molar-refractivity contribution >= 4 is 23.6 Å². The molecule has 2 amide bonds. The summed E-state index contributed by atoms with van der Waals surface area (Å²) in [5.74, 6) is 0.152. The number of hydrogen-bond acceptors (Lipinski definition) is 7. The Kier molecular flexibility index (Phi) is 4.74. The number of carbonyl (C=O) groups excluding carboxylic acids is 2. The maximum Gasteiger partial charge on any atom is 0.514 e. The molecule has 4 fully saturated rings. The first-order valence-corrected chi connectivity index (χ1v) is 10.4. The molecule has 10 heteroatoms. The minimum Gasteiger partial charge on any atom is -0.425 e. The molecule has 3 saturated heterocycles. The van der Waals surface area contributed by atoms with Crippen LogP contribution in [0.1, 0.15) is 26.2 Å². The van der Waals surface area contributed by atoms with Crippen LogP contribution >= 0.6 is 0 Å². The van der Waals surface area contributed by atoms with Gasteiger partial charge in [0.05, 0.1) is 17.6 Å². The number of rotatable bonds is 4. The highest BCUT2D eigenvalue weighted by atomic mass is 16.7. The van der Waals surface area contributed by atoms with Crippen LogP contribution in [0.5, 0.6) is 5.75 Å². The minimum absolute atomic E-state index is 0.0647. The second-order valence-corrected chi connectivity index (χ2v) is 8.44. The number of anilines is 1. The van der Waals surface area contributed by atoms with E-state index in [2.05, 4.69) is 5.01 Å². The van der Waals surface area contributed by atoms with Gasteiger partial charge in [-0.3, -0.25) is 15.0 Å². The number of fused-ring (bicyclic) bond motifs is 2. The van der Waals surface area contributed by atoms with E-state index in [1.807, 2.05) is 37.3 Å². The van der Waals surface area contributed by atoms with Gasteiger partial charge in [0.2, 0.25) is 0 Å². The Morgan fingerprint density at radius 1 is 1.12 bits per heavy atom. The number of nitrogens with zero attached hydrogens (tertiary/aromatic N) is 4. The van der Waals surface area contributed by atoms with Gasteiger partial charge in [-0.05, 0) is 44.0 Å². The zero-order chi connectivity index (χ0) is 22.5. The number of non-ortho nitro benzene ring substituents is 1. The van der Waals surface area contributed by atoms with Crippen molar-refractivity contribution in [3.8, 4) is 5.75 Å². The Morgan fingerprint density at radius 2 is 1.84 bits per heavy atom. The van der Waals surface area contributed by atoms with Gasteiger partial charge in [-0.1, -0.05) is 18.2 Å². The number of ether oxygens (including phenoxy) is 2. The first-order chi connectivity index (χ1) is 15.4. The average Bonchev–Trinajstić information content (AvgIpc) is 3.13. The van der Waals surface area contributed by atoms with Gasteiger partial charge in [-0.2, -0.15) is 5.01 Å². The fourth-order valence-corrected chi connectivity index (χ4v) is 4.96. The summed E-state index contributed by atoms with van der Waals surface area (Å²) in [6.07, 6.45) is 1.32. The summed E-state index contributed by atoms with van der Waals surface area (Å²) in [5.41, 5.74) is -0.177. The summed E-state index contributed by atoms with van der Waals surface area (Å²) in [7, 11) is 0. The van der Waals surface area contributed by atoms with Gasteiger partial charge in [-0.15, -0.1) is 0 Å². The molecule has 6 rings (SSSR count). The van der Waals surface area contributed by atoms with Crippen LogP contribution in [0.25, 0.3) is 0 Å². The zero-order valence-corrected chi connectivity index (χ0v) is 17.4. The SMILES string of the molecule is CC1(OC(=O)Oc2ccc([N+](=O)[O-])cc2)CC2CCC1N1C(=O)N(c3ccccc3)CN21. The van der Waals surface area contributed by atoms with Crippen molar-refractivity contribution in [3.63, 3.8) is 0 Å². The number of nitro benzene ring substituents is 1. The Bertz CT molecular complexity index is 1060. The van der Waals surface area contributed by atoms with Crippen LogP contribution in [0, 0.1) is 10.1 Å². The monoisotopic (exact) mass is 438 g/mol. The van der Waals surface area contributed by atoms with Crippen LogP contribution in [0.15, 0.2) is 54.6 Å². The topological polar surface area (TPSA) is 105 Å². The molecule has 3 aliphatic heterocycles. The number of hydrazine groups is 1. The van der Waals surface area contributed by atoms with Crippen molar-refractivity contribution in [2.45, 2.75) is 43.9 Å². The fourth-order valence-electron chi connectivity index (χ4n) is 4.96. The summed E-state index contributed by atoms with van der Waals surface area (Å²) in [6, 6.07) is 14.3. The standard InChI is InChI=1S/C22H22N4O6/c1-22(32-21(28)31-18-10-7-16(8-11-18)26(29)30)13-17-9-12-19(22)25-20(27)23(14-24(17)25)15-5-3-2-4-6-15/h2-8,10-11,17,19H,9,12-14H2,1H3. The Labute approximate surface area is 184 Å². The first-order valence-electron chi connectivity index (χ1n) is 10.4. The summed E-state index contributed by atoms with van der Waals surface area (Å²) in [5, 5.41) is 14.6. The summed E-state index contributed by atoms with van der Waals surface area (Å²) in [6.45, 7) is 2.30. The van der Waals surface area contributed by atoms with Gasteiger partial charge in [0.15, 0.2) is 0 Å². The molecule has 0 spiro atoms. The molecule has 166 valence electrons. The smallest absolute Gasteiger partial charge is 0.425 e. The molecular formula is C22H22N4O6. The van der Waals surface area contributed by atoms with Crippen LogP contribution in [0.3, 0.4) is 0 Å². The third-order valence-electron chi connectivity index (χ3n) is 6.46. The largest absolute Gasteiger partial charge is 0.514 e. The molecule has 4 aliphatic rings. The lowest BCUT2D eigenvalue weighted by Gasteiger charge is -2.56. The molecule has 32 heavy (non-hydrogen) atoms. The van der Waals surface area contributed by atoms with Crippen molar-refractivity contribution in [3.05, 3.63) is 64.7 Å². The lowest BCUT2D eigenvalue weighted by atomic mass is 9.76. The zero-order valence-electron chi connectivity index (χ0n) is 17.4. The molecule has 0 aromatic heterocycles. The molecule has 1 saturated carbocycles. The average molecular weight is 438 g/mol. The van der Waals surface area contributed by atoms with E-state index in [0.29, 0.717) is 13.1 Å². The van der Waals surface area contributed by atoms with Gasteiger partial charge in [0.1, 0.15) is 11.4 Å². The van der Waals surface area contributed by atoms with Gasteiger partial charge in [0.25, 0.3) is 5.69 Å². The molecule has 3 atom stereocenters. The number of carbonyl (C=O) groups is 2. The Balaban J connectivity index is 1.31. The number of urea groups is 1. The van der Waals surface area contributed by atoms with Gasteiger partial charge < -0.3 is 9.47 Å². The van der Waals surface area contributed by atoms with E-state index in [9.17, 15) is 19.7 Å². The summed E-state index contributed by atoms with van der Waals surface area (Å²) < 4.78 is 11.0. The highest BCUT2D eigenvalue weighted by molar-refractivity contribution is 5.94. The van der Waals surface area contributed by atoms with Gasteiger partial charge >= 0.3 is 12.2 Å². The normalized spacial score (nSPS) is 26.7. The number of para-hydroxylation sites is 1. The molecule has 3 heterocycles. The van der Waals surface area contributed by atoms with E-state index in [1.54, 1.807) is 9.91 Å².